The predicted molar refractivity (Wildman–Crippen MR) is 105 cm³/mol. The lowest BCUT2D eigenvalue weighted by atomic mass is 10.1. The van der Waals surface area contributed by atoms with Gasteiger partial charge in [-0.15, -0.1) is 6.58 Å². The number of likely N-dealkylation sites (N-methyl/N-ethyl adjacent to an activating group) is 1. The molecule has 1 N–H and O–H groups in total. The number of nitrogens with one attached hydrogen (secondary N) is 1. The van der Waals surface area contributed by atoms with Gasteiger partial charge in [-0.05, 0) is 36.8 Å². The highest BCUT2D eigenvalue weighted by Crippen LogP contribution is 2.25. The van der Waals surface area contributed by atoms with Crippen molar-refractivity contribution in [1.82, 2.24) is 4.90 Å². The van der Waals surface area contributed by atoms with Crippen molar-refractivity contribution in [3.63, 3.8) is 0 Å². The second-order valence-corrected chi connectivity index (χ2v) is 6.14. The number of nitro groups is 1. The molecule has 2 amide bonds. The van der Waals surface area contributed by atoms with Gasteiger partial charge in [0.1, 0.15) is 11.6 Å². The number of carbonyl (C=O) groups excluding carboxylic acids is 2. The summed E-state index contributed by atoms with van der Waals surface area (Å²) in [4.78, 5) is 35.8. The zero-order chi connectivity index (χ0) is 21.4. The molecule has 0 bridgehead atoms. The van der Waals surface area contributed by atoms with Crippen LogP contribution in [0.2, 0.25) is 0 Å². The van der Waals surface area contributed by atoms with Gasteiger partial charge >= 0.3 is 0 Å². The number of ether oxygens (including phenoxy) is 1. The van der Waals surface area contributed by atoms with Gasteiger partial charge in [0.25, 0.3) is 11.6 Å². The highest BCUT2D eigenvalue weighted by molar-refractivity contribution is 5.94. The van der Waals surface area contributed by atoms with E-state index in [1.165, 1.54) is 54.4 Å². The lowest BCUT2D eigenvalue weighted by Gasteiger charge is -2.18. The molecule has 0 saturated carbocycles. The lowest BCUT2D eigenvalue weighted by molar-refractivity contribution is -0.384. The minimum Gasteiger partial charge on any atom is -0.483 e. The molecule has 29 heavy (non-hydrogen) atoms. The van der Waals surface area contributed by atoms with E-state index in [0.29, 0.717) is 23.4 Å². The van der Waals surface area contributed by atoms with Crippen LogP contribution < -0.4 is 10.1 Å². The molecular formula is C20H20FN3O5. The largest absolute Gasteiger partial charge is 0.483 e. The van der Waals surface area contributed by atoms with Gasteiger partial charge in [0.05, 0.1) is 11.5 Å². The zero-order valence-corrected chi connectivity index (χ0v) is 15.8. The third kappa shape index (κ3) is 6.42. The number of anilines is 1. The molecule has 0 aromatic heterocycles. The van der Waals surface area contributed by atoms with Crippen LogP contribution in [-0.4, -0.2) is 41.8 Å². The molecule has 8 nitrogen and oxygen atoms in total. The second kappa shape index (κ2) is 9.98. The summed E-state index contributed by atoms with van der Waals surface area (Å²) in [5.41, 5.74) is 0.849. The van der Waals surface area contributed by atoms with Gasteiger partial charge in [-0.25, -0.2) is 4.39 Å². The number of allylic oxidation sites excluding steroid dienone is 1. The fourth-order valence-electron chi connectivity index (χ4n) is 2.42. The Kier molecular flexibility index (Phi) is 7.41. The van der Waals surface area contributed by atoms with Crippen LogP contribution >= 0.6 is 0 Å². The Morgan fingerprint density at radius 3 is 2.59 bits per heavy atom. The summed E-state index contributed by atoms with van der Waals surface area (Å²) in [7, 11) is 1.44. The van der Waals surface area contributed by atoms with Crippen LogP contribution in [0.1, 0.15) is 5.56 Å². The summed E-state index contributed by atoms with van der Waals surface area (Å²) in [5.74, 6) is -1.00. The van der Waals surface area contributed by atoms with Crippen molar-refractivity contribution >= 4 is 23.2 Å². The minimum atomic E-state index is -0.519. The summed E-state index contributed by atoms with van der Waals surface area (Å²) < 4.78 is 18.4. The predicted octanol–water partition coefficient (Wildman–Crippen LogP) is 2.94. The number of amides is 2. The number of nitro benzene ring substituents is 1. The normalized spacial score (nSPS) is 10.1. The summed E-state index contributed by atoms with van der Waals surface area (Å²) in [6.45, 7) is 3.03. The number of hydrogen-bond acceptors (Lipinski definition) is 5. The fourth-order valence-corrected chi connectivity index (χ4v) is 2.42. The van der Waals surface area contributed by atoms with Crippen molar-refractivity contribution < 1.29 is 23.6 Å². The molecule has 9 heteroatoms. The summed E-state index contributed by atoms with van der Waals surface area (Å²) >= 11 is 0. The van der Waals surface area contributed by atoms with Gasteiger partial charge in [0, 0.05) is 30.4 Å². The second-order valence-electron chi connectivity index (χ2n) is 6.14. The first-order chi connectivity index (χ1) is 13.8. The van der Waals surface area contributed by atoms with Gasteiger partial charge in [-0.3, -0.25) is 19.7 Å². The van der Waals surface area contributed by atoms with E-state index in [0.717, 1.165) is 0 Å². The molecule has 0 aliphatic rings. The van der Waals surface area contributed by atoms with E-state index in [-0.39, 0.29) is 18.8 Å². The third-order valence-electron chi connectivity index (χ3n) is 3.90. The molecule has 0 unspecified atom stereocenters. The molecule has 0 radical (unpaired) electrons. The van der Waals surface area contributed by atoms with E-state index in [2.05, 4.69) is 11.9 Å². The van der Waals surface area contributed by atoms with Crippen molar-refractivity contribution in [1.29, 1.82) is 0 Å². The molecule has 0 aliphatic heterocycles. The first kappa shape index (κ1) is 21.5. The summed E-state index contributed by atoms with van der Waals surface area (Å²) in [6, 6.07) is 9.31. The minimum absolute atomic E-state index is 0.0879. The monoisotopic (exact) mass is 401 g/mol. The molecule has 2 rings (SSSR count). The molecule has 0 heterocycles. The van der Waals surface area contributed by atoms with E-state index in [1.807, 2.05) is 0 Å². The molecule has 0 aliphatic carbocycles. The number of benzene rings is 2. The van der Waals surface area contributed by atoms with Gasteiger partial charge in [0.2, 0.25) is 5.91 Å². The van der Waals surface area contributed by atoms with E-state index in [4.69, 9.17) is 4.74 Å². The maximum absolute atomic E-state index is 12.9. The van der Waals surface area contributed by atoms with E-state index in [1.54, 1.807) is 6.08 Å². The van der Waals surface area contributed by atoms with Crippen molar-refractivity contribution in [2.24, 2.45) is 0 Å². The Labute approximate surface area is 166 Å². The first-order valence-electron chi connectivity index (χ1n) is 8.60. The van der Waals surface area contributed by atoms with E-state index in [9.17, 15) is 24.1 Å². The number of hydrogen-bond donors (Lipinski definition) is 1. The first-order valence-corrected chi connectivity index (χ1v) is 8.60. The standard InChI is InChI=1S/C20H20FN3O5/c1-3-4-14-11-17(24(27)28)9-10-18(14)29-13-20(26)23(2)12-19(25)22-16-7-5-15(21)6-8-16/h3,5-11H,1,4,12-13H2,2H3,(H,22,25). The topological polar surface area (TPSA) is 102 Å². The van der Waals surface area contributed by atoms with Crippen molar-refractivity contribution in [3.8, 4) is 5.75 Å². The van der Waals surface area contributed by atoms with Gasteiger partial charge in [-0.2, -0.15) is 0 Å². The number of nitrogens with zero attached hydrogens (tertiary/aromatic N) is 2. The van der Waals surface area contributed by atoms with Gasteiger partial charge in [0.15, 0.2) is 6.61 Å². The SMILES string of the molecule is C=CCc1cc([N+](=O)[O-])ccc1OCC(=O)N(C)CC(=O)Nc1ccc(F)cc1. The molecular weight excluding hydrogens is 381 g/mol. The highest BCUT2D eigenvalue weighted by Gasteiger charge is 2.16. The molecule has 2 aromatic rings. The Hall–Kier alpha value is -3.75. The van der Waals surface area contributed by atoms with Crippen LogP contribution in [0.25, 0.3) is 0 Å². The fraction of sp³-hybridized carbons (Fsp3) is 0.200. The van der Waals surface area contributed by atoms with Crippen LogP contribution in [0.3, 0.4) is 0 Å². The van der Waals surface area contributed by atoms with Crippen LogP contribution in [0.15, 0.2) is 55.1 Å². The smallest absolute Gasteiger partial charge is 0.269 e. The number of non-ortho nitro benzene ring substituents is 1. The van der Waals surface area contributed by atoms with Crippen molar-refractivity contribution in [3.05, 3.63) is 76.6 Å². The number of rotatable bonds is 9. The summed E-state index contributed by atoms with van der Waals surface area (Å²) in [6.07, 6.45) is 1.90. The number of carbonyl (C=O) groups is 2. The van der Waals surface area contributed by atoms with E-state index < -0.39 is 22.6 Å². The van der Waals surface area contributed by atoms with Crippen molar-refractivity contribution in [2.45, 2.75) is 6.42 Å². The van der Waals surface area contributed by atoms with Crippen molar-refractivity contribution in [2.75, 3.05) is 25.5 Å². The van der Waals surface area contributed by atoms with Crippen LogP contribution in [0.4, 0.5) is 15.8 Å². The molecule has 0 saturated heterocycles. The molecule has 0 spiro atoms. The van der Waals surface area contributed by atoms with Gasteiger partial charge in [-0.1, -0.05) is 6.08 Å². The van der Waals surface area contributed by atoms with Crippen LogP contribution in [0, 0.1) is 15.9 Å². The van der Waals surface area contributed by atoms with Crippen LogP contribution in [0.5, 0.6) is 5.75 Å². The molecule has 0 fully saturated rings. The Bertz CT molecular complexity index is 915. The molecule has 0 atom stereocenters. The lowest BCUT2D eigenvalue weighted by Crippen LogP contribution is -2.37. The molecule has 152 valence electrons. The average molecular weight is 401 g/mol. The third-order valence-corrected chi connectivity index (χ3v) is 3.90. The molecule has 2 aromatic carbocycles. The summed E-state index contributed by atoms with van der Waals surface area (Å²) in [5, 5.41) is 13.5. The highest BCUT2D eigenvalue weighted by atomic mass is 19.1. The van der Waals surface area contributed by atoms with Gasteiger partial charge < -0.3 is 15.0 Å². The van der Waals surface area contributed by atoms with E-state index >= 15 is 0 Å². The zero-order valence-electron chi connectivity index (χ0n) is 15.8. The Morgan fingerprint density at radius 1 is 1.28 bits per heavy atom. The average Bonchev–Trinajstić information content (AvgIpc) is 2.68. The Morgan fingerprint density at radius 2 is 1.97 bits per heavy atom. The Balaban J connectivity index is 1.92. The van der Waals surface area contributed by atoms with Crippen LogP contribution in [-0.2, 0) is 16.0 Å². The maximum atomic E-state index is 12.9. The quantitative estimate of drug-likeness (QED) is 0.395. The maximum Gasteiger partial charge on any atom is 0.269 e. The number of halogens is 1.